The van der Waals surface area contributed by atoms with Gasteiger partial charge in [-0.25, -0.2) is 4.79 Å². The molecule has 0 fully saturated rings. The molecule has 1 unspecified atom stereocenters. The molecule has 1 atom stereocenters. The minimum Gasteiger partial charge on any atom is -0.449 e. The van der Waals surface area contributed by atoms with E-state index in [2.05, 4.69) is 0 Å². The predicted octanol–water partition coefficient (Wildman–Crippen LogP) is 2.84. The first-order valence-corrected chi connectivity index (χ1v) is 6.45. The zero-order valence-corrected chi connectivity index (χ0v) is 11.5. The first-order chi connectivity index (χ1) is 10.2. The Labute approximate surface area is 123 Å². The predicted molar refractivity (Wildman–Crippen MR) is 76.4 cm³/mol. The van der Waals surface area contributed by atoms with E-state index < -0.39 is 12.1 Å². The SMILES string of the molecule is CCOC(=O)N1C=CC(c2ccccc2)=C(C#N)C1C#N. The molecule has 0 saturated heterocycles. The van der Waals surface area contributed by atoms with Gasteiger partial charge in [0.15, 0.2) is 6.04 Å². The maximum atomic E-state index is 11.8. The topological polar surface area (TPSA) is 77.1 Å². The van der Waals surface area contributed by atoms with Crippen LogP contribution in [0.15, 0.2) is 48.2 Å². The molecule has 1 aromatic rings. The number of allylic oxidation sites excluding steroid dienone is 2. The lowest BCUT2D eigenvalue weighted by molar-refractivity contribution is 0.119. The van der Waals surface area contributed by atoms with Crippen molar-refractivity contribution in [2.45, 2.75) is 13.0 Å². The molecule has 5 nitrogen and oxygen atoms in total. The molecule has 1 aliphatic rings. The van der Waals surface area contributed by atoms with Gasteiger partial charge in [-0.3, -0.25) is 4.90 Å². The second-order valence-electron chi connectivity index (χ2n) is 4.26. The summed E-state index contributed by atoms with van der Waals surface area (Å²) < 4.78 is 4.90. The minimum absolute atomic E-state index is 0.207. The molecule has 104 valence electrons. The Kier molecular flexibility index (Phi) is 4.38. The largest absolute Gasteiger partial charge is 0.449 e. The van der Waals surface area contributed by atoms with Gasteiger partial charge >= 0.3 is 6.09 Å². The number of carbonyl (C=O) groups is 1. The number of hydrogen-bond donors (Lipinski definition) is 0. The van der Waals surface area contributed by atoms with Crippen molar-refractivity contribution >= 4 is 11.7 Å². The zero-order chi connectivity index (χ0) is 15.2. The van der Waals surface area contributed by atoms with Gasteiger partial charge in [0.05, 0.1) is 24.3 Å². The van der Waals surface area contributed by atoms with E-state index in [-0.39, 0.29) is 12.2 Å². The molecule has 0 spiro atoms. The molecule has 0 N–H and O–H groups in total. The van der Waals surface area contributed by atoms with E-state index in [1.165, 1.54) is 6.20 Å². The van der Waals surface area contributed by atoms with Crippen LogP contribution < -0.4 is 0 Å². The zero-order valence-electron chi connectivity index (χ0n) is 11.5. The molecule has 0 bridgehead atoms. The molecule has 21 heavy (non-hydrogen) atoms. The lowest BCUT2D eigenvalue weighted by Gasteiger charge is -2.27. The van der Waals surface area contributed by atoms with Crippen LogP contribution in [0.25, 0.3) is 5.57 Å². The maximum absolute atomic E-state index is 11.8. The molecule has 0 radical (unpaired) electrons. The molecule has 0 aliphatic carbocycles. The number of benzene rings is 1. The lowest BCUT2D eigenvalue weighted by atomic mass is 9.93. The van der Waals surface area contributed by atoms with E-state index in [0.29, 0.717) is 5.57 Å². The summed E-state index contributed by atoms with van der Waals surface area (Å²) in [6.45, 7) is 1.89. The minimum atomic E-state index is -0.978. The number of carbonyl (C=O) groups excluding carboxylic acids is 1. The summed E-state index contributed by atoms with van der Waals surface area (Å²) in [5, 5.41) is 18.7. The van der Waals surface area contributed by atoms with Crippen molar-refractivity contribution in [1.29, 1.82) is 10.5 Å². The second-order valence-corrected chi connectivity index (χ2v) is 4.26. The Morgan fingerprint density at radius 2 is 2.05 bits per heavy atom. The van der Waals surface area contributed by atoms with Gasteiger partial charge in [0, 0.05) is 11.8 Å². The van der Waals surface area contributed by atoms with Crippen molar-refractivity contribution in [1.82, 2.24) is 4.90 Å². The summed E-state index contributed by atoms with van der Waals surface area (Å²) in [4.78, 5) is 13.0. The first-order valence-electron chi connectivity index (χ1n) is 6.45. The molecular formula is C16H13N3O2. The summed E-state index contributed by atoms with van der Waals surface area (Å²) in [7, 11) is 0. The van der Waals surface area contributed by atoms with Crippen molar-refractivity contribution in [2.75, 3.05) is 6.61 Å². The molecule has 1 amide bonds. The third-order valence-electron chi connectivity index (χ3n) is 3.05. The third kappa shape index (κ3) is 2.77. The fourth-order valence-corrected chi connectivity index (χ4v) is 2.10. The highest BCUT2D eigenvalue weighted by molar-refractivity contribution is 5.84. The van der Waals surface area contributed by atoms with Crippen molar-refractivity contribution in [3.8, 4) is 12.1 Å². The van der Waals surface area contributed by atoms with Crippen molar-refractivity contribution < 1.29 is 9.53 Å². The van der Waals surface area contributed by atoms with Gasteiger partial charge in [-0.05, 0) is 18.6 Å². The van der Waals surface area contributed by atoms with Crippen LogP contribution >= 0.6 is 0 Å². The van der Waals surface area contributed by atoms with Gasteiger partial charge in [-0.2, -0.15) is 10.5 Å². The maximum Gasteiger partial charge on any atom is 0.415 e. The van der Waals surface area contributed by atoms with Crippen LogP contribution in [-0.2, 0) is 4.74 Å². The Balaban J connectivity index is 2.45. The molecule has 5 heteroatoms. The molecule has 0 saturated carbocycles. The van der Waals surface area contributed by atoms with E-state index in [0.717, 1.165) is 10.5 Å². The molecular weight excluding hydrogens is 266 g/mol. The molecule has 1 heterocycles. The molecule has 1 aromatic carbocycles. The van der Waals surface area contributed by atoms with Crippen LogP contribution in [0, 0.1) is 22.7 Å². The summed E-state index contributed by atoms with van der Waals surface area (Å²) in [6.07, 6.45) is 2.49. The summed E-state index contributed by atoms with van der Waals surface area (Å²) in [5.41, 5.74) is 1.71. The van der Waals surface area contributed by atoms with E-state index in [4.69, 9.17) is 4.74 Å². The number of hydrogen-bond acceptors (Lipinski definition) is 4. The van der Waals surface area contributed by atoms with Gasteiger partial charge in [0.25, 0.3) is 0 Å². The van der Waals surface area contributed by atoms with Crippen LogP contribution in [0.5, 0.6) is 0 Å². The summed E-state index contributed by atoms with van der Waals surface area (Å²) in [6, 6.07) is 12.3. The Bertz CT molecular complexity index is 678. The highest BCUT2D eigenvalue weighted by Crippen LogP contribution is 2.29. The number of ether oxygens (including phenoxy) is 1. The number of nitriles is 2. The van der Waals surface area contributed by atoms with Crippen molar-refractivity contribution in [2.24, 2.45) is 0 Å². The van der Waals surface area contributed by atoms with Crippen molar-refractivity contribution in [3.63, 3.8) is 0 Å². The first kappa shape index (κ1) is 14.4. The van der Waals surface area contributed by atoms with E-state index >= 15 is 0 Å². The van der Waals surface area contributed by atoms with Crippen LogP contribution in [0.4, 0.5) is 4.79 Å². The van der Waals surface area contributed by atoms with Gasteiger partial charge in [0.1, 0.15) is 0 Å². The molecule has 0 aromatic heterocycles. The summed E-state index contributed by atoms with van der Waals surface area (Å²) in [5.74, 6) is 0. The number of rotatable bonds is 2. The standard InChI is InChI=1S/C16H13N3O2/c1-2-21-16(20)19-9-8-13(12-6-4-3-5-7-12)14(10-17)15(19)11-18/h3-9,15H,2H2,1H3. The lowest BCUT2D eigenvalue weighted by Crippen LogP contribution is -2.38. The smallest absolute Gasteiger partial charge is 0.415 e. The Morgan fingerprint density at radius 1 is 1.33 bits per heavy atom. The average molecular weight is 279 g/mol. The highest BCUT2D eigenvalue weighted by atomic mass is 16.6. The van der Waals surface area contributed by atoms with Gasteiger partial charge in [-0.15, -0.1) is 0 Å². The highest BCUT2D eigenvalue weighted by Gasteiger charge is 2.31. The fourth-order valence-electron chi connectivity index (χ4n) is 2.10. The van der Waals surface area contributed by atoms with Crippen LogP contribution in [-0.4, -0.2) is 23.6 Å². The van der Waals surface area contributed by atoms with Crippen molar-refractivity contribution in [3.05, 3.63) is 53.7 Å². The van der Waals surface area contributed by atoms with Gasteiger partial charge < -0.3 is 4.74 Å². The third-order valence-corrected chi connectivity index (χ3v) is 3.05. The molecule has 2 rings (SSSR count). The number of nitrogens with zero attached hydrogens (tertiary/aromatic N) is 3. The quantitative estimate of drug-likeness (QED) is 0.834. The summed E-state index contributed by atoms with van der Waals surface area (Å²) >= 11 is 0. The normalized spacial score (nSPS) is 17.1. The van der Waals surface area contributed by atoms with E-state index in [9.17, 15) is 15.3 Å². The van der Waals surface area contributed by atoms with Gasteiger partial charge in [0.2, 0.25) is 0 Å². The fraction of sp³-hybridized carbons (Fsp3) is 0.188. The monoisotopic (exact) mass is 279 g/mol. The van der Waals surface area contributed by atoms with Crippen LogP contribution in [0.3, 0.4) is 0 Å². The van der Waals surface area contributed by atoms with Crippen LogP contribution in [0.1, 0.15) is 12.5 Å². The number of amides is 1. The Hall–Kier alpha value is -3.05. The van der Waals surface area contributed by atoms with E-state index in [1.54, 1.807) is 13.0 Å². The Morgan fingerprint density at radius 3 is 2.62 bits per heavy atom. The average Bonchev–Trinajstić information content (AvgIpc) is 2.54. The second kappa shape index (κ2) is 6.40. The molecule has 1 aliphatic heterocycles. The van der Waals surface area contributed by atoms with Gasteiger partial charge in [-0.1, -0.05) is 30.3 Å². The van der Waals surface area contributed by atoms with Crippen LogP contribution in [0.2, 0.25) is 0 Å². The van der Waals surface area contributed by atoms with E-state index in [1.807, 2.05) is 42.5 Å².